The SMILES string of the molecule is CCCCC[SiH]1CCC(C2CCC(c3cc[c-]cc3)CC2)CC1.[Cl-].[Mg+2]. The Bertz CT molecular complexity index is 437. The van der Waals surface area contributed by atoms with Crippen LogP contribution in [-0.4, -0.2) is 31.8 Å². The van der Waals surface area contributed by atoms with Crippen molar-refractivity contribution in [1.82, 2.24) is 0 Å². The Morgan fingerprint density at radius 1 is 0.920 bits per heavy atom. The van der Waals surface area contributed by atoms with Crippen LogP contribution in [0.1, 0.15) is 76.2 Å². The first-order chi connectivity index (χ1) is 11.4. The van der Waals surface area contributed by atoms with Gasteiger partial charge in [-0.3, -0.25) is 0 Å². The van der Waals surface area contributed by atoms with Crippen LogP contribution in [0, 0.1) is 17.9 Å². The summed E-state index contributed by atoms with van der Waals surface area (Å²) in [6.45, 7) is 2.34. The third-order valence-corrected chi connectivity index (χ3v) is 10.3. The number of hydrogen-bond donors (Lipinski definition) is 0. The van der Waals surface area contributed by atoms with Crippen molar-refractivity contribution in [2.45, 2.75) is 88.8 Å². The molecule has 1 aliphatic heterocycles. The summed E-state index contributed by atoms with van der Waals surface area (Å²) >= 11 is 0. The molecule has 1 heterocycles. The van der Waals surface area contributed by atoms with E-state index in [0.29, 0.717) is 0 Å². The van der Waals surface area contributed by atoms with Crippen molar-refractivity contribution in [1.29, 1.82) is 0 Å². The first-order valence-corrected chi connectivity index (χ1v) is 12.8. The Hall–Kier alpha value is 0.493. The fourth-order valence-corrected chi connectivity index (χ4v) is 8.76. The quantitative estimate of drug-likeness (QED) is 0.400. The predicted molar refractivity (Wildman–Crippen MR) is 110 cm³/mol. The molecule has 0 spiro atoms. The molecule has 0 nitrogen and oxygen atoms in total. The van der Waals surface area contributed by atoms with Crippen molar-refractivity contribution in [3.05, 3.63) is 35.9 Å². The van der Waals surface area contributed by atoms with Crippen molar-refractivity contribution in [2.24, 2.45) is 11.8 Å². The number of unbranched alkanes of at least 4 members (excludes halogenated alkanes) is 2. The van der Waals surface area contributed by atoms with Crippen molar-refractivity contribution in [3.8, 4) is 0 Å². The third kappa shape index (κ3) is 7.20. The zero-order valence-electron chi connectivity index (χ0n) is 16.2. The molecule has 25 heavy (non-hydrogen) atoms. The summed E-state index contributed by atoms with van der Waals surface area (Å²) in [5.74, 6) is 2.99. The van der Waals surface area contributed by atoms with E-state index in [2.05, 4.69) is 37.3 Å². The smallest absolute Gasteiger partial charge is 1.00 e. The molecule has 0 N–H and O–H groups in total. The number of rotatable bonds is 6. The van der Waals surface area contributed by atoms with Crippen molar-refractivity contribution < 1.29 is 12.4 Å². The Balaban J connectivity index is 0.00000156. The first kappa shape index (κ1) is 23.5. The van der Waals surface area contributed by atoms with Gasteiger partial charge in [-0.25, -0.2) is 0 Å². The van der Waals surface area contributed by atoms with Crippen LogP contribution in [0.2, 0.25) is 18.1 Å². The van der Waals surface area contributed by atoms with Gasteiger partial charge in [0.05, 0.1) is 0 Å². The van der Waals surface area contributed by atoms with E-state index in [-0.39, 0.29) is 44.3 Å². The van der Waals surface area contributed by atoms with E-state index in [1.165, 1.54) is 44.9 Å². The van der Waals surface area contributed by atoms with E-state index >= 15 is 0 Å². The maximum atomic E-state index is 3.16. The van der Waals surface area contributed by atoms with Gasteiger partial charge in [0.15, 0.2) is 0 Å². The van der Waals surface area contributed by atoms with Gasteiger partial charge < -0.3 is 12.4 Å². The molecule has 0 amide bonds. The van der Waals surface area contributed by atoms with Crippen molar-refractivity contribution in [2.75, 3.05) is 0 Å². The average Bonchev–Trinajstić information content (AvgIpc) is 2.63. The van der Waals surface area contributed by atoms with Gasteiger partial charge in [0.1, 0.15) is 0 Å². The summed E-state index contributed by atoms with van der Waals surface area (Å²) in [4.78, 5) is 0. The second-order valence-corrected chi connectivity index (χ2v) is 11.7. The standard InChI is InChI=1S/C22H35Si.ClH.Mg/c1-2-3-7-16-23-17-14-22(15-18-23)21-12-10-20(11-13-21)19-8-5-4-6-9-19;;/h5-6,8-9,20-23H,2-3,7,10-18H2,1H3;1H;/q-1;;+2/p-1. The van der Waals surface area contributed by atoms with Gasteiger partial charge in [-0.05, 0) is 43.4 Å². The van der Waals surface area contributed by atoms with Crippen LogP contribution >= 0.6 is 0 Å². The van der Waals surface area contributed by atoms with Gasteiger partial charge in [0, 0.05) is 8.80 Å². The first-order valence-electron chi connectivity index (χ1n) is 10.3. The van der Waals surface area contributed by atoms with E-state index in [1.54, 1.807) is 36.5 Å². The minimum atomic E-state index is -0.315. The Kier molecular flexibility index (Phi) is 12.1. The Morgan fingerprint density at radius 2 is 1.52 bits per heavy atom. The van der Waals surface area contributed by atoms with Gasteiger partial charge >= 0.3 is 23.1 Å². The molecule has 3 heteroatoms. The molecule has 1 saturated heterocycles. The molecular formula is C22H35ClMgSi. The van der Waals surface area contributed by atoms with Gasteiger partial charge in [0.2, 0.25) is 0 Å². The normalized spacial score (nSPS) is 29.3. The maximum absolute atomic E-state index is 3.16. The van der Waals surface area contributed by atoms with Crippen LogP contribution in [-0.2, 0) is 0 Å². The molecule has 2 aliphatic rings. The molecule has 3 rings (SSSR count). The summed E-state index contributed by atoms with van der Waals surface area (Å²) in [7, 11) is -0.315. The molecule has 2 fully saturated rings. The second-order valence-electron chi connectivity index (χ2n) is 8.22. The fraction of sp³-hybridized carbons (Fsp3) is 0.727. The molecule has 0 radical (unpaired) electrons. The van der Waals surface area contributed by atoms with E-state index in [9.17, 15) is 0 Å². The zero-order chi connectivity index (χ0) is 15.9. The van der Waals surface area contributed by atoms with Crippen LogP contribution < -0.4 is 12.4 Å². The average molecular weight is 387 g/mol. The number of benzene rings is 1. The topological polar surface area (TPSA) is 0 Å². The number of hydrogen-bond acceptors (Lipinski definition) is 0. The molecule has 0 atom stereocenters. The van der Waals surface area contributed by atoms with Gasteiger partial charge in [-0.15, -0.1) is 0 Å². The van der Waals surface area contributed by atoms with E-state index in [4.69, 9.17) is 0 Å². The van der Waals surface area contributed by atoms with Crippen LogP contribution in [0.3, 0.4) is 0 Å². The largest absolute Gasteiger partial charge is 2.00 e. The Morgan fingerprint density at radius 3 is 2.12 bits per heavy atom. The van der Waals surface area contributed by atoms with Gasteiger partial charge in [0.25, 0.3) is 0 Å². The van der Waals surface area contributed by atoms with Crippen LogP contribution in [0.25, 0.3) is 0 Å². The monoisotopic (exact) mass is 386 g/mol. The maximum Gasteiger partial charge on any atom is 2.00 e. The Labute approximate surface area is 180 Å². The van der Waals surface area contributed by atoms with Crippen LogP contribution in [0.4, 0.5) is 0 Å². The van der Waals surface area contributed by atoms with Crippen LogP contribution in [0.15, 0.2) is 24.3 Å². The molecule has 1 saturated carbocycles. The number of halogens is 1. The van der Waals surface area contributed by atoms with Gasteiger partial charge in [-0.1, -0.05) is 57.2 Å². The molecule has 0 bridgehead atoms. The molecule has 0 unspecified atom stereocenters. The summed E-state index contributed by atoms with van der Waals surface area (Å²) in [5, 5.41) is 0. The molecule has 136 valence electrons. The summed E-state index contributed by atoms with van der Waals surface area (Å²) < 4.78 is 0. The zero-order valence-corrected chi connectivity index (χ0v) is 19.5. The summed E-state index contributed by atoms with van der Waals surface area (Å²) in [6.07, 6.45) is 13.5. The van der Waals surface area contributed by atoms with E-state index < -0.39 is 0 Å². The molecule has 1 aliphatic carbocycles. The fourth-order valence-electron chi connectivity index (χ4n) is 5.23. The van der Waals surface area contributed by atoms with Gasteiger partial charge in [-0.2, -0.15) is 35.9 Å². The summed E-state index contributed by atoms with van der Waals surface area (Å²) in [5.41, 5.74) is 1.56. The molecule has 0 aromatic heterocycles. The predicted octanol–water partition coefficient (Wildman–Crippen LogP) is 3.21. The van der Waals surface area contributed by atoms with Crippen molar-refractivity contribution in [3.63, 3.8) is 0 Å². The third-order valence-electron chi connectivity index (χ3n) is 6.76. The van der Waals surface area contributed by atoms with Crippen molar-refractivity contribution >= 4 is 31.8 Å². The minimum absolute atomic E-state index is 0. The molecule has 1 aromatic carbocycles. The minimum Gasteiger partial charge on any atom is -1.00 e. The molecule has 1 aromatic rings. The van der Waals surface area contributed by atoms with E-state index in [0.717, 1.165) is 17.8 Å². The second kappa shape index (κ2) is 12.8. The summed E-state index contributed by atoms with van der Waals surface area (Å²) in [6, 6.07) is 16.9. The molecular weight excluding hydrogens is 352 g/mol. The van der Waals surface area contributed by atoms with E-state index in [1.807, 2.05) is 0 Å². The van der Waals surface area contributed by atoms with Crippen LogP contribution in [0.5, 0.6) is 0 Å².